The minimum absolute atomic E-state index is 0.0458. The molecular formula is C13H21NO4. The van der Waals surface area contributed by atoms with Crippen molar-refractivity contribution >= 4 is 11.9 Å². The Morgan fingerprint density at radius 3 is 2.33 bits per heavy atom. The maximum atomic E-state index is 11.8. The zero-order valence-electron chi connectivity index (χ0n) is 10.6. The van der Waals surface area contributed by atoms with Gasteiger partial charge in [0, 0.05) is 19.5 Å². The molecule has 0 atom stereocenters. The molecule has 102 valence electrons. The molecular weight excluding hydrogens is 234 g/mol. The first kappa shape index (κ1) is 13.3. The molecule has 0 radical (unpaired) electrons. The van der Waals surface area contributed by atoms with Crippen molar-refractivity contribution in [2.45, 2.75) is 32.1 Å². The number of rotatable bonds is 6. The van der Waals surface area contributed by atoms with Gasteiger partial charge in [0.15, 0.2) is 0 Å². The zero-order valence-corrected chi connectivity index (χ0v) is 10.6. The van der Waals surface area contributed by atoms with Crippen LogP contribution in [0.15, 0.2) is 0 Å². The van der Waals surface area contributed by atoms with Gasteiger partial charge in [0.1, 0.15) is 6.61 Å². The molecule has 1 aliphatic heterocycles. The summed E-state index contributed by atoms with van der Waals surface area (Å²) in [6.07, 6.45) is 4.27. The number of nitrogens with zero attached hydrogens (tertiary/aromatic N) is 1. The molecule has 0 aromatic heterocycles. The Bertz CT molecular complexity index is 306. The number of likely N-dealkylation sites (tertiary alicyclic amines) is 1. The second-order valence-corrected chi connectivity index (χ2v) is 5.38. The first-order valence-electron chi connectivity index (χ1n) is 6.72. The SMILES string of the molecule is O=C(O)CC1CCN(C(=O)COCC2CC2)CC1. The van der Waals surface area contributed by atoms with E-state index in [9.17, 15) is 9.59 Å². The van der Waals surface area contributed by atoms with E-state index in [-0.39, 0.29) is 24.9 Å². The molecule has 5 heteroatoms. The van der Waals surface area contributed by atoms with Crippen molar-refractivity contribution < 1.29 is 19.4 Å². The van der Waals surface area contributed by atoms with E-state index in [2.05, 4.69) is 0 Å². The Morgan fingerprint density at radius 2 is 1.78 bits per heavy atom. The monoisotopic (exact) mass is 255 g/mol. The smallest absolute Gasteiger partial charge is 0.303 e. The summed E-state index contributed by atoms with van der Waals surface area (Å²) in [5, 5.41) is 8.71. The lowest BCUT2D eigenvalue weighted by molar-refractivity contribution is -0.139. The third-order valence-corrected chi connectivity index (χ3v) is 3.71. The standard InChI is InChI=1S/C13H21NO4/c15-12(9-18-8-11-1-2-11)14-5-3-10(4-6-14)7-13(16)17/h10-11H,1-9H2,(H,16,17). The Labute approximate surface area is 107 Å². The molecule has 0 bridgehead atoms. The lowest BCUT2D eigenvalue weighted by Gasteiger charge is -2.31. The Kier molecular flexibility index (Phi) is 4.58. The number of piperidine rings is 1. The summed E-state index contributed by atoms with van der Waals surface area (Å²) < 4.78 is 5.38. The van der Waals surface area contributed by atoms with Crippen LogP contribution in [0.1, 0.15) is 32.1 Å². The average molecular weight is 255 g/mol. The van der Waals surface area contributed by atoms with Crippen LogP contribution in [0.25, 0.3) is 0 Å². The fourth-order valence-corrected chi connectivity index (χ4v) is 2.32. The third kappa shape index (κ3) is 4.29. The molecule has 1 heterocycles. The molecule has 2 aliphatic rings. The van der Waals surface area contributed by atoms with E-state index >= 15 is 0 Å². The molecule has 5 nitrogen and oxygen atoms in total. The van der Waals surface area contributed by atoms with Gasteiger partial charge in [-0.15, -0.1) is 0 Å². The third-order valence-electron chi connectivity index (χ3n) is 3.71. The predicted molar refractivity (Wildman–Crippen MR) is 65.1 cm³/mol. The Morgan fingerprint density at radius 1 is 1.11 bits per heavy atom. The minimum atomic E-state index is -0.743. The lowest BCUT2D eigenvalue weighted by atomic mass is 9.94. The highest BCUT2D eigenvalue weighted by molar-refractivity contribution is 5.77. The molecule has 2 fully saturated rings. The Balaban J connectivity index is 1.61. The van der Waals surface area contributed by atoms with E-state index in [1.807, 2.05) is 0 Å². The van der Waals surface area contributed by atoms with Gasteiger partial charge in [-0.1, -0.05) is 0 Å². The first-order chi connectivity index (χ1) is 8.65. The number of hydrogen-bond donors (Lipinski definition) is 1. The summed E-state index contributed by atoms with van der Waals surface area (Å²) in [5.41, 5.74) is 0. The maximum absolute atomic E-state index is 11.8. The van der Waals surface area contributed by atoms with Crippen molar-refractivity contribution in [1.82, 2.24) is 4.90 Å². The second-order valence-electron chi connectivity index (χ2n) is 5.38. The molecule has 1 amide bonds. The summed E-state index contributed by atoms with van der Waals surface area (Å²) in [7, 11) is 0. The summed E-state index contributed by atoms with van der Waals surface area (Å²) in [5.74, 6) is 0.204. The molecule has 0 aromatic rings. The van der Waals surface area contributed by atoms with E-state index in [4.69, 9.17) is 9.84 Å². The normalized spacial score (nSPS) is 21.0. The van der Waals surface area contributed by atoms with Crippen LogP contribution < -0.4 is 0 Å². The van der Waals surface area contributed by atoms with E-state index in [1.165, 1.54) is 12.8 Å². The van der Waals surface area contributed by atoms with E-state index in [1.54, 1.807) is 4.90 Å². The molecule has 1 aliphatic carbocycles. The number of carboxylic acids is 1. The van der Waals surface area contributed by atoms with Gasteiger partial charge >= 0.3 is 5.97 Å². The molecule has 2 rings (SSSR count). The molecule has 1 saturated carbocycles. The number of amides is 1. The molecule has 1 saturated heterocycles. The van der Waals surface area contributed by atoms with E-state index in [0.717, 1.165) is 12.8 Å². The summed E-state index contributed by atoms with van der Waals surface area (Å²) >= 11 is 0. The Hall–Kier alpha value is -1.10. The van der Waals surface area contributed by atoms with E-state index < -0.39 is 5.97 Å². The van der Waals surface area contributed by atoms with Gasteiger partial charge in [-0.3, -0.25) is 9.59 Å². The van der Waals surface area contributed by atoms with Crippen LogP contribution in [0.4, 0.5) is 0 Å². The first-order valence-corrected chi connectivity index (χ1v) is 6.72. The van der Waals surface area contributed by atoms with Crippen LogP contribution in [0.3, 0.4) is 0 Å². The molecule has 18 heavy (non-hydrogen) atoms. The van der Waals surface area contributed by atoms with Crippen LogP contribution in [0.2, 0.25) is 0 Å². The predicted octanol–water partition coefficient (Wildman–Crippen LogP) is 1.13. The number of ether oxygens (including phenoxy) is 1. The highest BCUT2D eigenvalue weighted by Crippen LogP contribution is 2.28. The van der Waals surface area contributed by atoms with Crippen molar-refractivity contribution in [3.63, 3.8) is 0 Å². The number of hydrogen-bond acceptors (Lipinski definition) is 3. The van der Waals surface area contributed by atoms with Gasteiger partial charge in [0.25, 0.3) is 0 Å². The fourth-order valence-electron chi connectivity index (χ4n) is 2.32. The fraction of sp³-hybridized carbons (Fsp3) is 0.846. The molecule has 1 N–H and O–H groups in total. The molecule has 0 spiro atoms. The van der Waals surface area contributed by atoms with Crippen LogP contribution in [-0.2, 0) is 14.3 Å². The van der Waals surface area contributed by atoms with Crippen molar-refractivity contribution in [2.24, 2.45) is 11.8 Å². The van der Waals surface area contributed by atoms with Gasteiger partial charge < -0.3 is 14.7 Å². The number of aliphatic carboxylic acids is 1. The molecule has 0 unspecified atom stereocenters. The summed E-state index contributed by atoms with van der Waals surface area (Å²) in [4.78, 5) is 24.2. The van der Waals surface area contributed by atoms with Crippen LogP contribution >= 0.6 is 0 Å². The number of carbonyl (C=O) groups excluding carboxylic acids is 1. The second kappa shape index (κ2) is 6.18. The molecule has 0 aromatic carbocycles. The van der Waals surface area contributed by atoms with Crippen molar-refractivity contribution in [3.05, 3.63) is 0 Å². The van der Waals surface area contributed by atoms with Crippen LogP contribution in [0, 0.1) is 11.8 Å². The van der Waals surface area contributed by atoms with Crippen LogP contribution in [-0.4, -0.2) is 48.2 Å². The largest absolute Gasteiger partial charge is 0.481 e. The van der Waals surface area contributed by atoms with Gasteiger partial charge in [0.05, 0.1) is 6.61 Å². The number of carbonyl (C=O) groups is 2. The van der Waals surface area contributed by atoms with E-state index in [0.29, 0.717) is 25.6 Å². The highest BCUT2D eigenvalue weighted by Gasteiger charge is 2.25. The summed E-state index contributed by atoms with van der Waals surface area (Å²) in [6.45, 7) is 2.23. The van der Waals surface area contributed by atoms with Crippen LogP contribution in [0.5, 0.6) is 0 Å². The maximum Gasteiger partial charge on any atom is 0.303 e. The summed E-state index contributed by atoms with van der Waals surface area (Å²) in [6, 6.07) is 0. The van der Waals surface area contributed by atoms with Gasteiger partial charge in [-0.05, 0) is 37.5 Å². The topological polar surface area (TPSA) is 66.8 Å². The highest BCUT2D eigenvalue weighted by atomic mass is 16.5. The van der Waals surface area contributed by atoms with Crippen molar-refractivity contribution in [1.29, 1.82) is 0 Å². The van der Waals surface area contributed by atoms with Gasteiger partial charge in [0.2, 0.25) is 5.91 Å². The quantitative estimate of drug-likeness (QED) is 0.772. The minimum Gasteiger partial charge on any atom is -0.481 e. The van der Waals surface area contributed by atoms with Crippen molar-refractivity contribution in [3.8, 4) is 0 Å². The average Bonchev–Trinajstić information content (AvgIpc) is 3.13. The van der Waals surface area contributed by atoms with Gasteiger partial charge in [-0.2, -0.15) is 0 Å². The van der Waals surface area contributed by atoms with Gasteiger partial charge in [-0.25, -0.2) is 0 Å². The number of carboxylic acid groups (broad SMARTS) is 1. The zero-order chi connectivity index (χ0) is 13.0. The van der Waals surface area contributed by atoms with Crippen molar-refractivity contribution in [2.75, 3.05) is 26.3 Å². The lowest BCUT2D eigenvalue weighted by Crippen LogP contribution is -2.40.